The van der Waals surface area contributed by atoms with Crippen molar-refractivity contribution in [2.45, 2.75) is 13.5 Å². The molecule has 0 fully saturated rings. The molecule has 0 N–H and O–H groups in total. The van der Waals surface area contributed by atoms with Crippen LogP contribution in [-0.2, 0) is 16.1 Å². The van der Waals surface area contributed by atoms with Crippen LogP contribution in [0.2, 0.25) is 0 Å². The first kappa shape index (κ1) is 18.6. The molecular weight excluding hydrogens is 374 g/mol. The highest BCUT2D eigenvalue weighted by atomic mass is 32.1. The minimum absolute atomic E-state index is 0.00491. The predicted molar refractivity (Wildman–Crippen MR) is 95.9 cm³/mol. The van der Waals surface area contributed by atoms with Crippen molar-refractivity contribution in [3.63, 3.8) is 0 Å². The lowest BCUT2D eigenvalue weighted by Gasteiger charge is -2.09. The number of amides is 1. The Labute approximate surface area is 157 Å². The van der Waals surface area contributed by atoms with E-state index in [1.807, 2.05) is 0 Å². The number of carbonyl (C=O) groups is 2. The van der Waals surface area contributed by atoms with Gasteiger partial charge in [-0.2, -0.15) is 4.99 Å². The van der Waals surface area contributed by atoms with Crippen LogP contribution in [0, 0.1) is 0 Å². The normalized spacial score (nSPS) is 11.6. The van der Waals surface area contributed by atoms with Gasteiger partial charge in [-0.1, -0.05) is 16.5 Å². The number of hydrogen-bond donors (Lipinski definition) is 0. The van der Waals surface area contributed by atoms with Crippen LogP contribution < -0.4 is 14.3 Å². The van der Waals surface area contributed by atoms with Crippen LogP contribution in [0.1, 0.15) is 17.5 Å². The highest BCUT2D eigenvalue weighted by Gasteiger charge is 2.17. The van der Waals surface area contributed by atoms with Crippen LogP contribution >= 0.6 is 11.3 Å². The highest BCUT2D eigenvalue weighted by Crippen LogP contribution is 2.33. The topological polar surface area (TPSA) is 105 Å². The number of benzene rings is 1. The van der Waals surface area contributed by atoms with Gasteiger partial charge in [0.2, 0.25) is 5.76 Å². The van der Waals surface area contributed by atoms with Gasteiger partial charge in [-0.15, -0.1) is 0 Å². The zero-order valence-electron chi connectivity index (χ0n) is 14.9. The van der Waals surface area contributed by atoms with Crippen molar-refractivity contribution in [2.75, 3.05) is 20.8 Å². The number of esters is 1. The van der Waals surface area contributed by atoms with Gasteiger partial charge in [0.1, 0.15) is 6.54 Å². The van der Waals surface area contributed by atoms with E-state index in [2.05, 4.69) is 10.1 Å². The molecule has 0 radical (unpaired) electrons. The SMILES string of the molecule is CCOC(=O)Cn1c(=NC(=O)c2ccno2)sc2cc(OC)c(OC)cc21. The second kappa shape index (κ2) is 8.04. The summed E-state index contributed by atoms with van der Waals surface area (Å²) < 4.78 is 22.9. The van der Waals surface area contributed by atoms with Crippen molar-refractivity contribution in [3.05, 3.63) is 35.0 Å². The third-order valence-electron chi connectivity index (χ3n) is 3.63. The summed E-state index contributed by atoms with van der Waals surface area (Å²) in [5.41, 5.74) is 0.662. The van der Waals surface area contributed by atoms with Crippen molar-refractivity contribution in [1.29, 1.82) is 0 Å². The Hall–Kier alpha value is -3.14. The van der Waals surface area contributed by atoms with Crippen molar-refractivity contribution in [1.82, 2.24) is 9.72 Å². The molecule has 0 aliphatic heterocycles. The first-order valence-electron chi connectivity index (χ1n) is 7.98. The number of ether oxygens (including phenoxy) is 3. The Bertz CT molecular complexity index is 1040. The van der Waals surface area contributed by atoms with E-state index < -0.39 is 11.9 Å². The molecule has 3 rings (SSSR count). The predicted octanol–water partition coefficient (Wildman–Crippen LogP) is 2.01. The monoisotopic (exact) mass is 391 g/mol. The van der Waals surface area contributed by atoms with Crippen molar-refractivity contribution >= 4 is 33.4 Å². The molecule has 0 aliphatic rings. The summed E-state index contributed by atoms with van der Waals surface area (Å²) in [6.45, 7) is 1.87. The third kappa shape index (κ3) is 3.85. The lowest BCUT2D eigenvalue weighted by molar-refractivity contribution is -0.143. The Morgan fingerprint density at radius 2 is 2.00 bits per heavy atom. The number of thiazole rings is 1. The van der Waals surface area contributed by atoms with Gasteiger partial charge in [0.15, 0.2) is 16.3 Å². The van der Waals surface area contributed by atoms with E-state index in [4.69, 9.17) is 18.7 Å². The molecule has 142 valence electrons. The summed E-state index contributed by atoms with van der Waals surface area (Å²) in [5, 5.41) is 3.50. The molecule has 0 spiro atoms. The Balaban J connectivity index is 2.18. The van der Waals surface area contributed by atoms with Crippen molar-refractivity contribution in [3.8, 4) is 11.5 Å². The van der Waals surface area contributed by atoms with E-state index in [1.165, 1.54) is 37.8 Å². The average molecular weight is 391 g/mol. The number of rotatable bonds is 6. The Morgan fingerprint density at radius 1 is 1.26 bits per heavy atom. The van der Waals surface area contributed by atoms with E-state index in [0.717, 1.165) is 4.70 Å². The molecule has 0 saturated carbocycles. The van der Waals surface area contributed by atoms with E-state index in [-0.39, 0.29) is 18.9 Å². The quantitative estimate of drug-likeness (QED) is 0.592. The van der Waals surface area contributed by atoms with Gasteiger partial charge >= 0.3 is 11.9 Å². The molecule has 3 aromatic rings. The van der Waals surface area contributed by atoms with Crippen molar-refractivity contribution < 1.29 is 28.3 Å². The molecule has 2 heterocycles. The van der Waals surface area contributed by atoms with E-state index in [0.29, 0.717) is 21.8 Å². The largest absolute Gasteiger partial charge is 0.493 e. The number of fused-ring (bicyclic) bond motifs is 1. The molecule has 9 nitrogen and oxygen atoms in total. The summed E-state index contributed by atoms with van der Waals surface area (Å²) in [6, 6.07) is 4.90. The van der Waals surface area contributed by atoms with Gasteiger partial charge in [0.25, 0.3) is 0 Å². The van der Waals surface area contributed by atoms with E-state index in [9.17, 15) is 9.59 Å². The first-order valence-corrected chi connectivity index (χ1v) is 8.79. The maximum atomic E-state index is 12.3. The molecule has 1 amide bonds. The number of nitrogens with zero attached hydrogens (tertiary/aromatic N) is 3. The molecule has 0 atom stereocenters. The van der Waals surface area contributed by atoms with E-state index in [1.54, 1.807) is 23.6 Å². The van der Waals surface area contributed by atoms with Gasteiger partial charge in [0, 0.05) is 18.2 Å². The minimum Gasteiger partial charge on any atom is -0.493 e. The maximum Gasteiger partial charge on any atom is 0.326 e. The minimum atomic E-state index is -0.601. The lowest BCUT2D eigenvalue weighted by atomic mass is 10.3. The molecule has 27 heavy (non-hydrogen) atoms. The third-order valence-corrected chi connectivity index (χ3v) is 4.67. The molecule has 1 aromatic carbocycles. The first-order chi connectivity index (χ1) is 13.1. The van der Waals surface area contributed by atoms with Gasteiger partial charge in [0.05, 0.1) is 37.2 Å². The number of aromatic nitrogens is 2. The molecule has 0 unspecified atom stereocenters. The zero-order valence-corrected chi connectivity index (χ0v) is 15.7. The van der Waals surface area contributed by atoms with Crippen LogP contribution in [0.4, 0.5) is 0 Å². The fourth-order valence-corrected chi connectivity index (χ4v) is 3.48. The molecular formula is C17H17N3O6S. The second-order valence-electron chi connectivity index (χ2n) is 5.24. The van der Waals surface area contributed by atoms with Gasteiger partial charge in [-0.25, -0.2) is 0 Å². The number of methoxy groups -OCH3 is 2. The Kier molecular flexibility index (Phi) is 5.55. The number of hydrogen-bond acceptors (Lipinski definition) is 8. The summed E-state index contributed by atoms with van der Waals surface area (Å²) in [5.74, 6) is -0.0161. The van der Waals surface area contributed by atoms with E-state index >= 15 is 0 Å². The van der Waals surface area contributed by atoms with Gasteiger partial charge in [-0.05, 0) is 6.92 Å². The highest BCUT2D eigenvalue weighted by molar-refractivity contribution is 7.16. The van der Waals surface area contributed by atoms with Crippen LogP contribution in [-0.4, -0.2) is 42.4 Å². The summed E-state index contributed by atoms with van der Waals surface area (Å²) in [7, 11) is 3.05. The Morgan fingerprint density at radius 3 is 2.63 bits per heavy atom. The van der Waals surface area contributed by atoms with Crippen LogP contribution in [0.15, 0.2) is 33.9 Å². The summed E-state index contributed by atoms with van der Waals surface area (Å²) >= 11 is 1.23. The average Bonchev–Trinajstić information content (AvgIpc) is 3.30. The summed E-state index contributed by atoms with van der Waals surface area (Å²) in [6.07, 6.45) is 1.36. The molecule has 0 aliphatic carbocycles. The van der Waals surface area contributed by atoms with Crippen LogP contribution in [0.5, 0.6) is 11.5 Å². The van der Waals surface area contributed by atoms with Crippen LogP contribution in [0.3, 0.4) is 0 Å². The fourth-order valence-electron chi connectivity index (χ4n) is 2.44. The van der Waals surface area contributed by atoms with Crippen LogP contribution in [0.25, 0.3) is 10.2 Å². The second-order valence-corrected chi connectivity index (χ2v) is 6.25. The lowest BCUT2D eigenvalue weighted by Crippen LogP contribution is -2.23. The maximum absolute atomic E-state index is 12.3. The molecule has 0 saturated heterocycles. The smallest absolute Gasteiger partial charge is 0.326 e. The zero-order chi connectivity index (χ0) is 19.4. The fraction of sp³-hybridized carbons (Fsp3) is 0.294. The molecule has 2 aromatic heterocycles. The standard InChI is InChI=1S/C17H17N3O6S/c1-4-25-15(21)9-20-10-7-12(23-2)13(24-3)8-14(10)27-17(20)19-16(22)11-5-6-18-26-11/h5-8H,4,9H2,1-3H3. The van der Waals surface area contributed by atoms with Crippen molar-refractivity contribution in [2.24, 2.45) is 4.99 Å². The molecule has 0 bridgehead atoms. The summed E-state index contributed by atoms with van der Waals surface area (Å²) in [4.78, 5) is 28.7. The van der Waals surface area contributed by atoms with Gasteiger partial charge in [-0.3, -0.25) is 9.59 Å². The van der Waals surface area contributed by atoms with Gasteiger partial charge < -0.3 is 23.3 Å². The number of carbonyl (C=O) groups excluding carboxylic acids is 2. The molecule has 10 heteroatoms.